The van der Waals surface area contributed by atoms with Gasteiger partial charge in [0.25, 0.3) is 0 Å². The van der Waals surface area contributed by atoms with Crippen molar-refractivity contribution in [1.29, 1.82) is 0 Å². The summed E-state index contributed by atoms with van der Waals surface area (Å²) in [6.45, 7) is 1.84. The predicted octanol–water partition coefficient (Wildman–Crippen LogP) is 4.85. The van der Waals surface area contributed by atoms with E-state index >= 15 is 0 Å². The van der Waals surface area contributed by atoms with Crippen molar-refractivity contribution in [3.63, 3.8) is 0 Å². The highest BCUT2D eigenvalue weighted by molar-refractivity contribution is 6.14. The van der Waals surface area contributed by atoms with E-state index in [1.807, 2.05) is 19.1 Å². The lowest BCUT2D eigenvalue weighted by molar-refractivity contribution is 0.0733. The van der Waals surface area contributed by atoms with Gasteiger partial charge >= 0.3 is 5.97 Å². The largest absolute Gasteiger partial charge is 0.497 e. The van der Waals surface area contributed by atoms with Gasteiger partial charge in [-0.05, 0) is 48.9 Å². The molecule has 1 aliphatic heterocycles. The van der Waals surface area contributed by atoms with Crippen LogP contribution < -0.4 is 18.9 Å². The minimum absolute atomic E-state index is 0.154. The minimum Gasteiger partial charge on any atom is -0.497 e. The quantitative estimate of drug-likeness (QED) is 0.336. The fraction of sp³-hybridized carbons (Fsp3) is 0.120. The number of carbonyl (C=O) groups is 2. The fourth-order valence-corrected chi connectivity index (χ4v) is 3.27. The van der Waals surface area contributed by atoms with Crippen molar-refractivity contribution in [1.82, 2.24) is 0 Å². The van der Waals surface area contributed by atoms with E-state index in [0.29, 0.717) is 39.7 Å². The molecule has 0 saturated heterocycles. The van der Waals surface area contributed by atoms with Crippen LogP contribution in [0, 0.1) is 6.92 Å². The number of hydrogen-bond acceptors (Lipinski definition) is 6. The number of Topliss-reactive ketones (excluding diaryl/α,β-unsaturated/α-hetero) is 1. The van der Waals surface area contributed by atoms with Gasteiger partial charge in [-0.15, -0.1) is 0 Å². The van der Waals surface area contributed by atoms with E-state index in [4.69, 9.17) is 18.9 Å². The Hall–Kier alpha value is -4.06. The van der Waals surface area contributed by atoms with Gasteiger partial charge in [-0.1, -0.05) is 18.2 Å². The summed E-state index contributed by atoms with van der Waals surface area (Å²) in [6.07, 6.45) is 1.61. The van der Waals surface area contributed by atoms with Gasteiger partial charge in [-0.3, -0.25) is 4.79 Å². The Labute approximate surface area is 179 Å². The van der Waals surface area contributed by atoms with Crippen molar-refractivity contribution < 1.29 is 28.5 Å². The molecule has 4 rings (SSSR count). The summed E-state index contributed by atoms with van der Waals surface area (Å²) in [7, 11) is 3.11. The maximum Gasteiger partial charge on any atom is 0.343 e. The monoisotopic (exact) mass is 416 g/mol. The maximum atomic E-state index is 12.8. The number of allylic oxidation sites excluding steroid dienone is 1. The zero-order chi connectivity index (χ0) is 22.0. The first-order valence-electron chi connectivity index (χ1n) is 9.58. The zero-order valence-electron chi connectivity index (χ0n) is 17.3. The van der Waals surface area contributed by atoms with Gasteiger partial charge in [-0.2, -0.15) is 0 Å². The standard InChI is InChI=1S/C25H20O6/c1-15-6-4-5-7-19(15)25(27)30-18-10-11-20-22(14-18)31-23(24(20)26)12-16-8-9-17(28-2)13-21(16)29-3/h4-14H,1-3H3. The Kier molecular flexibility index (Phi) is 5.45. The lowest BCUT2D eigenvalue weighted by Crippen LogP contribution is -2.10. The van der Waals surface area contributed by atoms with Crippen molar-refractivity contribution >= 4 is 17.8 Å². The number of aryl methyl sites for hydroxylation is 1. The molecule has 0 aliphatic carbocycles. The van der Waals surface area contributed by atoms with Crippen molar-refractivity contribution in [2.24, 2.45) is 0 Å². The Morgan fingerprint density at radius 1 is 0.935 bits per heavy atom. The fourth-order valence-electron chi connectivity index (χ4n) is 3.27. The van der Waals surface area contributed by atoms with Gasteiger partial charge in [0.05, 0.1) is 25.3 Å². The van der Waals surface area contributed by atoms with Crippen LogP contribution in [0.3, 0.4) is 0 Å². The molecule has 0 aromatic heterocycles. The van der Waals surface area contributed by atoms with Gasteiger partial charge in [0.15, 0.2) is 5.76 Å². The molecule has 3 aromatic carbocycles. The van der Waals surface area contributed by atoms with E-state index in [-0.39, 0.29) is 11.5 Å². The summed E-state index contributed by atoms with van der Waals surface area (Å²) in [5, 5.41) is 0. The number of ketones is 1. The molecular weight excluding hydrogens is 396 g/mol. The van der Waals surface area contributed by atoms with Crippen LogP contribution in [0.2, 0.25) is 0 Å². The number of benzene rings is 3. The second-order valence-electron chi connectivity index (χ2n) is 6.91. The van der Waals surface area contributed by atoms with Gasteiger partial charge in [0, 0.05) is 17.7 Å². The lowest BCUT2D eigenvalue weighted by Gasteiger charge is -2.08. The van der Waals surface area contributed by atoms with E-state index in [2.05, 4.69) is 0 Å². The molecule has 0 unspecified atom stereocenters. The summed E-state index contributed by atoms with van der Waals surface area (Å²) >= 11 is 0. The Balaban J connectivity index is 1.58. The highest BCUT2D eigenvalue weighted by Crippen LogP contribution is 2.36. The van der Waals surface area contributed by atoms with Crippen LogP contribution in [-0.4, -0.2) is 26.0 Å². The zero-order valence-corrected chi connectivity index (χ0v) is 17.3. The Morgan fingerprint density at radius 2 is 1.71 bits per heavy atom. The number of fused-ring (bicyclic) bond motifs is 1. The number of carbonyl (C=O) groups excluding carboxylic acids is 2. The van der Waals surface area contributed by atoms with Crippen molar-refractivity contribution in [3.8, 4) is 23.0 Å². The second-order valence-corrected chi connectivity index (χ2v) is 6.91. The molecule has 0 amide bonds. The lowest BCUT2D eigenvalue weighted by atomic mass is 10.1. The summed E-state index contributed by atoms with van der Waals surface area (Å²) in [4.78, 5) is 25.2. The van der Waals surface area contributed by atoms with Gasteiger partial charge in [0.2, 0.25) is 5.78 Å². The topological polar surface area (TPSA) is 71.1 Å². The average Bonchev–Trinajstić information content (AvgIpc) is 3.08. The summed E-state index contributed by atoms with van der Waals surface area (Å²) < 4.78 is 21.8. The maximum absolute atomic E-state index is 12.8. The Bertz CT molecular complexity index is 1210. The van der Waals surface area contributed by atoms with Crippen molar-refractivity contribution in [2.45, 2.75) is 6.92 Å². The normalized spacial score (nSPS) is 13.5. The highest BCUT2D eigenvalue weighted by Gasteiger charge is 2.28. The molecule has 0 fully saturated rings. The molecule has 6 nitrogen and oxygen atoms in total. The first-order chi connectivity index (χ1) is 15.0. The van der Waals surface area contributed by atoms with E-state index < -0.39 is 5.97 Å². The van der Waals surface area contributed by atoms with E-state index in [0.717, 1.165) is 5.56 Å². The third kappa shape index (κ3) is 4.00. The van der Waals surface area contributed by atoms with E-state index in [9.17, 15) is 9.59 Å². The molecule has 0 atom stereocenters. The second kappa shape index (κ2) is 8.36. The number of methoxy groups -OCH3 is 2. The molecule has 156 valence electrons. The molecule has 0 spiro atoms. The molecule has 1 aliphatic rings. The molecule has 3 aromatic rings. The van der Waals surface area contributed by atoms with Crippen LogP contribution >= 0.6 is 0 Å². The number of rotatable bonds is 5. The molecule has 0 N–H and O–H groups in total. The third-order valence-corrected chi connectivity index (χ3v) is 4.94. The van der Waals surface area contributed by atoms with Crippen LogP contribution in [0.1, 0.15) is 31.8 Å². The predicted molar refractivity (Wildman–Crippen MR) is 115 cm³/mol. The molecule has 31 heavy (non-hydrogen) atoms. The Morgan fingerprint density at radius 3 is 2.45 bits per heavy atom. The van der Waals surface area contributed by atoms with Crippen LogP contribution in [0.15, 0.2) is 66.4 Å². The van der Waals surface area contributed by atoms with Crippen LogP contribution in [0.25, 0.3) is 6.08 Å². The molecule has 0 radical (unpaired) electrons. The number of esters is 1. The van der Waals surface area contributed by atoms with Gasteiger partial charge in [-0.25, -0.2) is 4.79 Å². The van der Waals surface area contributed by atoms with Crippen LogP contribution in [0.5, 0.6) is 23.0 Å². The van der Waals surface area contributed by atoms with Gasteiger partial charge < -0.3 is 18.9 Å². The number of hydrogen-bond donors (Lipinski definition) is 0. The number of ether oxygens (including phenoxy) is 4. The summed E-state index contributed by atoms with van der Waals surface area (Å²) in [5.74, 6) is 1.24. The summed E-state index contributed by atoms with van der Waals surface area (Å²) in [5.41, 5.74) is 2.37. The van der Waals surface area contributed by atoms with Gasteiger partial charge in [0.1, 0.15) is 23.0 Å². The van der Waals surface area contributed by atoms with E-state index in [1.165, 1.54) is 13.2 Å². The van der Waals surface area contributed by atoms with Crippen LogP contribution in [0.4, 0.5) is 0 Å². The highest BCUT2D eigenvalue weighted by atomic mass is 16.5. The average molecular weight is 416 g/mol. The van der Waals surface area contributed by atoms with Crippen molar-refractivity contribution in [2.75, 3.05) is 14.2 Å². The minimum atomic E-state index is -0.471. The van der Waals surface area contributed by atoms with E-state index in [1.54, 1.807) is 55.7 Å². The molecular formula is C25H20O6. The first kappa shape index (κ1) is 20.2. The molecule has 0 bridgehead atoms. The van der Waals surface area contributed by atoms with Crippen molar-refractivity contribution in [3.05, 3.63) is 88.7 Å². The molecule has 6 heteroatoms. The first-order valence-corrected chi connectivity index (χ1v) is 9.58. The summed E-state index contributed by atoms with van der Waals surface area (Å²) in [6, 6.07) is 17.1. The molecule has 0 saturated carbocycles. The molecule has 1 heterocycles. The SMILES string of the molecule is COc1ccc(C=C2Oc3cc(OC(=O)c4ccccc4C)ccc3C2=O)c(OC)c1. The van der Waals surface area contributed by atoms with Crippen LogP contribution in [-0.2, 0) is 0 Å². The third-order valence-electron chi connectivity index (χ3n) is 4.94. The smallest absolute Gasteiger partial charge is 0.343 e.